The molecule has 0 bridgehead atoms. The van der Waals surface area contributed by atoms with Gasteiger partial charge in [0, 0.05) is 50.5 Å². The zero-order valence-corrected chi connectivity index (χ0v) is 19.3. The molecule has 3 N–H and O–H groups in total. The number of carbonyl (C=O) groups excluding carboxylic acids is 1. The molecule has 1 saturated heterocycles. The highest BCUT2D eigenvalue weighted by Crippen LogP contribution is 2.20. The first-order valence-corrected chi connectivity index (χ1v) is 12.0. The van der Waals surface area contributed by atoms with Crippen LogP contribution in [0.4, 0.5) is 11.4 Å². The molecule has 1 aliphatic rings. The van der Waals surface area contributed by atoms with Crippen molar-refractivity contribution in [1.82, 2.24) is 9.62 Å². The molecule has 1 unspecified atom stereocenters. The van der Waals surface area contributed by atoms with Crippen LogP contribution in [-0.2, 0) is 14.8 Å². The van der Waals surface area contributed by atoms with Crippen molar-refractivity contribution in [3.63, 3.8) is 0 Å². The predicted molar refractivity (Wildman–Crippen MR) is 121 cm³/mol. The van der Waals surface area contributed by atoms with Gasteiger partial charge in [-0.05, 0) is 64.8 Å². The third kappa shape index (κ3) is 7.23. The van der Waals surface area contributed by atoms with E-state index in [2.05, 4.69) is 14.9 Å². The second-order valence-corrected chi connectivity index (χ2v) is 11.2. The largest absolute Gasteiger partial charge is 0.379 e. The Bertz CT molecular complexity index is 780. The van der Waals surface area contributed by atoms with Crippen LogP contribution in [-0.4, -0.2) is 68.0 Å². The molecule has 30 heavy (non-hydrogen) atoms. The van der Waals surface area contributed by atoms with Crippen molar-refractivity contribution in [2.24, 2.45) is 0 Å². The molecular formula is C21H36N4O4S. The average Bonchev–Trinajstić information content (AvgIpc) is 2.67. The second-order valence-electron chi connectivity index (χ2n) is 8.72. The van der Waals surface area contributed by atoms with Crippen LogP contribution in [0.3, 0.4) is 0 Å². The lowest BCUT2D eigenvalue weighted by atomic mass is 10.2. The van der Waals surface area contributed by atoms with Crippen molar-refractivity contribution in [2.45, 2.75) is 57.9 Å². The number of aliphatic hydroxyl groups is 1. The summed E-state index contributed by atoms with van der Waals surface area (Å²) in [6, 6.07) is 7.78. The lowest BCUT2D eigenvalue weighted by Crippen LogP contribution is -2.49. The number of hydrogen-bond donors (Lipinski definition) is 3. The smallest absolute Gasteiger partial charge is 0.224 e. The Morgan fingerprint density at radius 3 is 2.23 bits per heavy atom. The van der Waals surface area contributed by atoms with Gasteiger partial charge in [0.1, 0.15) is 6.23 Å². The zero-order valence-electron chi connectivity index (χ0n) is 18.5. The lowest BCUT2D eigenvalue weighted by molar-refractivity contribution is -0.116. The molecule has 9 heteroatoms. The van der Waals surface area contributed by atoms with E-state index in [4.69, 9.17) is 0 Å². The van der Waals surface area contributed by atoms with Crippen LogP contribution < -0.4 is 14.9 Å². The van der Waals surface area contributed by atoms with E-state index in [1.165, 1.54) is 0 Å². The third-order valence-electron chi connectivity index (χ3n) is 5.29. The van der Waals surface area contributed by atoms with E-state index < -0.39 is 21.0 Å². The Morgan fingerprint density at radius 1 is 1.10 bits per heavy atom. The standard InChI is InChI=1S/C21H36N4O4S/c1-17(26)24-13-15-25(16-14-24)19-10-8-18(9-11-19)23-20(27)7-5-6-12-22-30(28,29)21(2,3)4/h8-11,17,22,26H,5-7,12-16H2,1-4H3,(H,23,27). The number of piperazine rings is 1. The summed E-state index contributed by atoms with van der Waals surface area (Å²) < 4.78 is 25.7. The summed E-state index contributed by atoms with van der Waals surface area (Å²) >= 11 is 0. The van der Waals surface area contributed by atoms with E-state index in [-0.39, 0.29) is 5.91 Å². The monoisotopic (exact) mass is 440 g/mol. The normalized spacial score (nSPS) is 17.0. The van der Waals surface area contributed by atoms with Crippen LogP contribution in [0.25, 0.3) is 0 Å². The maximum Gasteiger partial charge on any atom is 0.224 e. The van der Waals surface area contributed by atoms with Crippen LogP contribution in [0.1, 0.15) is 47.0 Å². The van der Waals surface area contributed by atoms with Crippen LogP contribution in [0.15, 0.2) is 24.3 Å². The van der Waals surface area contributed by atoms with Gasteiger partial charge in [-0.1, -0.05) is 0 Å². The fourth-order valence-electron chi connectivity index (χ4n) is 3.17. The molecule has 1 aromatic rings. The number of unbranched alkanes of at least 4 members (excludes halogenated alkanes) is 1. The molecule has 1 heterocycles. The fraction of sp³-hybridized carbons (Fsp3) is 0.667. The van der Waals surface area contributed by atoms with Crippen LogP contribution >= 0.6 is 0 Å². The number of rotatable bonds is 9. The molecule has 0 spiro atoms. The van der Waals surface area contributed by atoms with Crippen LogP contribution in [0.5, 0.6) is 0 Å². The highest BCUT2D eigenvalue weighted by atomic mass is 32.2. The molecule has 8 nitrogen and oxygen atoms in total. The van der Waals surface area contributed by atoms with Crippen molar-refractivity contribution in [3.05, 3.63) is 24.3 Å². The molecule has 0 saturated carbocycles. The number of hydrogen-bond acceptors (Lipinski definition) is 6. The zero-order chi connectivity index (χ0) is 22.4. The summed E-state index contributed by atoms with van der Waals surface area (Å²) in [5, 5.41) is 12.5. The predicted octanol–water partition coefficient (Wildman–Crippen LogP) is 1.97. The molecule has 1 fully saturated rings. The number of sulfonamides is 1. The van der Waals surface area contributed by atoms with Gasteiger partial charge in [-0.3, -0.25) is 9.69 Å². The fourth-order valence-corrected chi connectivity index (χ4v) is 4.01. The number of nitrogens with zero attached hydrogens (tertiary/aromatic N) is 2. The summed E-state index contributed by atoms with van der Waals surface area (Å²) in [4.78, 5) is 16.4. The molecule has 1 aromatic carbocycles. The molecule has 2 rings (SSSR count). The topological polar surface area (TPSA) is 102 Å². The van der Waals surface area contributed by atoms with Gasteiger partial charge in [-0.2, -0.15) is 0 Å². The quantitative estimate of drug-likeness (QED) is 0.508. The van der Waals surface area contributed by atoms with E-state index in [0.717, 1.165) is 37.6 Å². The Morgan fingerprint density at radius 2 is 1.70 bits per heavy atom. The van der Waals surface area contributed by atoms with Crippen molar-refractivity contribution in [1.29, 1.82) is 0 Å². The molecule has 170 valence electrons. The highest BCUT2D eigenvalue weighted by Gasteiger charge is 2.28. The van der Waals surface area contributed by atoms with Gasteiger partial charge >= 0.3 is 0 Å². The van der Waals surface area contributed by atoms with Crippen LogP contribution in [0.2, 0.25) is 0 Å². The van der Waals surface area contributed by atoms with Gasteiger partial charge in [0.25, 0.3) is 0 Å². The first kappa shape index (κ1) is 24.6. The molecule has 1 atom stereocenters. The number of carbonyl (C=O) groups is 1. The molecule has 0 aromatic heterocycles. The average molecular weight is 441 g/mol. The number of anilines is 2. The minimum Gasteiger partial charge on any atom is -0.379 e. The molecule has 1 aliphatic heterocycles. The van der Waals surface area contributed by atoms with E-state index in [1.807, 2.05) is 29.2 Å². The summed E-state index contributed by atoms with van der Waals surface area (Å²) in [5.74, 6) is -0.0769. The summed E-state index contributed by atoms with van der Waals surface area (Å²) in [6.45, 7) is 10.5. The lowest BCUT2D eigenvalue weighted by Gasteiger charge is -2.37. The molecule has 0 radical (unpaired) electrons. The Hall–Kier alpha value is -1.68. The van der Waals surface area contributed by atoms with Gasteiger partial charge in [-0.15, -0.1) is 0 Å². The molecule has 0 aliphatic carbocycles. The number of aliphatic hydroxyl groups excluding tert-OH is 1. The first-order valence-electron chi connectivity index (χ1n) is 10.6. The van der Waals surface area contributed by atoms with Gasteiger partial charge in [0.2, 0.25) is 15.9 Å². The molecule has 1 amide bonds. The SMILES string of the molecule is CC(O)N1CCN(c2ccc(NC(=O)CCCCNS(=O)(=O)C(C)(C)C)cc2)CC1. The first-order chi connectivity index (χ1) is 14.0. The van der Waals surface area contributed by atoms with Gasteiger partial charge in [0.05, 0.1) is 4.75 Å². The minimum absolute atomic E-state index is 0.0769. The van der Waals surface area contributed by atoms with E-state index in [1.54, 1.807) is 27.7 Å². The summed E-state index contributed by atoms with van der Waals surface area (Å²) in [6.07, 6.45) is 1.16. The number of benzene rings is 1. The maximum absolute atomic E-state index is 12.1. The van der Waals surface area contributed by atoms with E-state index >= 15 is 0 Å². The van der Waals surface area contributed by atoms with Crippen molar-refractivity contribution < 1.29 is 18.3 Å². The van der Waals surface area contributed by atoms with Crippen molar-refractivity contribution in [2.75, 3.05) is 42.9 Å². The Kier molecular flexibility index (Phi) is 8.66. The Balaban J connectivity index is 1.70. The number of nitrogens with one attached hydrogen (secondary N) is 2. The highest BCUT2D eigenvalue weighted by molar-refractivity contribution is 7.90. The summed E-state index contributed by atoms with van der Waals surface area (Å²) in [7, 11) is -3.34. The van der Waals surface area contributed by atoms with Crippen molar-refractivity contribution >= 4 is 27.3 Å². The maximum atomic E-state index is 12.1. The summed E-state index contributed by atoms with van der Waals surface area (Å²) in [5.41, 5.74) is 1.85. The molecular weight excluding hydrogens is 404 g/mol. The minimum atomic E-state index is -3.34. The second kappa shape index (κ2) is 10.6. The Labute approximate surface area is 180 Å². The van der Waals surface area contributed by atoms with Gasteiger partial charge in [-0.25, -0.2) is 13.1 Å². The third-order valence-corrected chi connectivity index (χ3v) is 7.48. The van der Waals surface area contributed by atoms with Crippen molar-refractivity contribution in [3.8, 4) is 0 Å². The van der Waals surface area contributed by atoms with E-state index in [9.17, 15) is 18.3 Å². The number of amides is 1. The van der Waals surface area contributed by atoms with E-state index in [0.29, 0.717) is 25.8 Å². The van der Waals surface area contributed by atoms with Gasteiger partial charge in [0.15, 0.2) is 0 Å². The van der Waals surface area contributed by atoms with Crippen LogP contribution in [0, 0.1) is 0 Å². The van der Waals surface area contributed by atoms with Gasteiger partial charge < -0.3 is 15.3 Å².